The summed E-state index contributed by atoms with van der Waals surface area (Å²) in [6, 6.07) is 11.1. The molecule has 0 aliphatic rings. The van der Waals surface area contributed by atoms with Crippen LogP contribution in [0.1, 0.15) is 12.0 Å². The molecule has 2 rings (SSSR count). The topological polar surface area (TPSA) is 46.5 Å². The van der Waals surface area contributed by atoms with Gasteiger partial charge in [0.05, 0.1) is 13.5 Å². The minimum Gasteiger partial charge on any atom is -0.508 e. The van der Waals surface area contributed by atoms with Gasteiger partial charge in [-0.25, -0.2) is 0 Å². The summed E-state index contributed by atoms with van der Waals surface area (Å²) in [4.78, 5) is 11.0. The second-order valence-corrected chi connectivity index (χ2v) is 3.97. The monoisotopic (exact) mass is 242 g/mol. The maximum absolute atomic E-state index is 11.0. The largest absolute Gasteiger partial charge is 0.508 e. The van der Waals surface area contributed by atoms with E-state index in [0.717, 1.165) is 16.3 Å². The van der Waals surface area contributed by atoms with E-state index >= 15 is 0 Å². The summed E-state index contributed by atoms with van der Waals surface area (Å²) >= 11 is 0. The van der Waals surface area contributed by atoms with Gasteiger partial charge >= 0.3 is 5.97 Å². The van der Waals surface area contributed by atoms with Crippen molar-refractivity contribution >= 4 is 22.8 Å². The predicted octanol–water partition coefficient (Wildman–Crippen LogP) is 3.12. The molecule has 0 atom stereocenters. The van der Waals surface area contributed by atoms with Gasteiger partial charge in [0.1, 0.15) is 5.75 Å². The van der Waals surface area contributed by atoms with E-state index in [2.05, 4.69) is 4.74 Å². The number of phenolic OH excluding ortho intramolecular Hbond substituents is 1. The number of fused-ring (bicyclic) bond motifs is 1. The average Bonchev–Trinajstić information content (AvgIpc) is 2.38. The Balaban J connectivity index is 2.20. The van der Waals surface area contributed by atoms with Crippen molar-refractivity contribution in [1.82, 2.24) is 0 Å². The third-order valence-corrected chi connectivity index (χ3v) is 2.67. The predicted molar refractivity (Wildman–Crippen MR) is 71.3 cm³/mol. The number of ether oxygens (including phenoxy) is 1. The highest BCUT2D eigenvalue weighted by atomic mass is 16.5. The van der Waals surface area contributed by atoms with E-state index in [1.165, 1.54) is 7.11 Å². The lowest BCUT2D eigenvalue weighted by Crippen LogP contribution is -1.96. The average molecular weight is 242 g/mol. The lowest BCUT2D eigenvalue weighted by molar-refractivity contribution is -0.139. The van der Waals surface area contributed by atoms with Gasteiger partial charge in [0, 0.05) is 0 Å². The molecule has 0 spiro atoms. The van der Waals surface area contributed by atoms with Crippen LogP contribution in [0.3, 0.4) is 0 Å². The fourth-order valence-electron chi connectivity index (χ4n) is 1.73. The normalized spacial score (nSPS) is 10.9. The summed E-state index contributed by atoms with van der Waals surface area (Å²) in [5.41, 5.74) is 1.01. The van der Waals surface area contributed by atoms with E-state index in [-0.39, 0.29) is 18.1 Å². The van der Waals surface area contributed by atoms with Crippen LogP contribution in [-0.2, 0) is 9.53 Å². The molecule has 0 bridgehead atoms. The number of carbonyl (C=O) groups is 1. The van der Waals surface area contributed by atoms with Gasteiger partial charge in [0.15, 0.2) is 0 Å². The van der Waals surface area contributed by atoms with Crippen LogP contribution in [-0.4, -0.2) is 18.2 Å². The first-order valence-corrected chi connectivity index (χ1v) is 5.65. The number of benzene rings is 2. The highest BCUT2D eigenvalue weighted by Gasteiger charge is 1.97. The van der Waals surface area contributed by atoms with Crippen molar-refractivity contribution in [3.8, 4) is 5.75 Å². The number of hydrogen-bond acceptors (Lipinski definition) is 3. The van der Waals surface area contributed by atoms with Crippen molar-refractivity contribution in [2.75, 3.05) is 7.11 Å². The van der Waals surface area contributed by atoms with Gasteiger partial charge in [0.2, 0.25) is 0 Å². The SMILES string of the molecule is COC(=O)CC=Cc1ccc2cc(O)ccc2c1. The van der Waals surface area contributed by atoms with Crippen molar-refractivity contribution in [1.29, 1.82) is 0 Å². The molecule has 18 heavy (non-hydrogen) atoms. The number of esters is 1. The molecule has 3 heteroatoms. The van der Waals surface area contributed by atoms with E-state index in [1.54, 1.807) is 18.2 Å². The Bertz CT molecular complexity index is 600. The number of aromatic hydroxyl groups is 1. The highest BCUT2D eigenvalue weighted by Crippen LogP contribution is 2.21. The van der Waals surface area contributed by atoms with E-state index in [9.17, 15) is 9.90 Å². The molecule has 0 aliphatic carbocycles. The Hall–Kier alpha value is -2.29. The van der Waals surface area contributed by atoms with Gasteiger partial charge in [-0.15, -0.1) is 0 Å². The smallest absolute Gasteiger partial charge is 0.309 e. The van der Waals surface area contributed by atoms with Crippen molar-refractivity contribution in [3.63, 3.8) is 0 Å². The van der Waals surface area contributed by atoms with E-state index in [1.807, 2.05) is 30.3 Å². The zero-order chi connectivity index (χ0) is 13.0. The second-order valence-electron chi connectivity index (χ2n) is 3.97. The molecule has 3 nitrogen and oxygen atoms in total. The van der Waals surface area contributed by atoms with Gasteiger partial charge in [-0.2, -0.15) is 0 Å². The Kier molecular flexibility index (Phi) is 3.63. The highest BCUT2D eigenvalue weighted by molar-refractivity contribution is 5.86. The van der Waals surface area contributed by atoms with E-state index in [0.29, 0.717) is 0 Å². The Morgan fingerprint density at radius 1 is 1.22 bits per heavy atom. The number of phenols is 1. The lowest BCUT2D eigenvalue weighted by Gasteiger charge is -2.00. The summed E-state index contributed by atoms with van der Waals surface area (Å²) in [7, 11) is 1.37. The molecule has 2 aromatic rings. The molecule has 0 heterocycles. The molecule has 92 valence electrons. The molecule has 0 aromatic heterocycles. The van der Waals surface area contributed by atoms with Crippen LogP contribution in [0.15, 0.2) is 42.5 Å². The molecular weight excluding hydrogens is 228 g/mol. The maximum Gasteiger partial charge on any atom is 0.309 e. The minimum absolute atomic E-state index is 0.253. The summed E-state index contributed by atoms with van der Waals surface area (Å²) in [5, 5.41) is 11.4. The zero-order valence-corrected chi connectivity index (χ0v) is 10.1. The number of methoxy groups -OCH3 is 1. The fraction of sp³-hybridized carbons (Fsp3) is 0.133. The van der Waals surface area contributed by atoms with Crippen LogP contribution in [0.25, 0.3) is 16.8 Å². The molecule has 0 aliphatic heterocycles. The molecule has 1 N–H and O–H groups in total. The Labute approximate surface area is 105 Å². The molecule has 0 fully saturated rings. The van der Waals surface area contributed by atoms with Gasteiger partial charge in [-0.05, 0) is 34.5 Å². The quantitative estimate of drug-likeness (QED) is 0.841. The number of rotatable bonds is 3. The lowest BCUT2D eigenvalue weighted by atomic mass is 10.1. The van der Waals surface area contributed by atoms with Gasteiger partial charge in [-0.3, -0.25) is 4.79 Å². The van der Waals surface area contributed by atoms with Crippen molar-refractivity contribution in [3.05, 3.63) is 48.0 Å². The number of carbonyl (C=O) groups excluding carboxylic acids is 1. The first-order chi connectivity index (χ1) is 8.69. The Morgan fingerprint density at radius 3 is 2.72 bits per heavy atom. The van der Waals surface area contributed by atoms with Crippen LogP contribution in [0.5, 0.6) is 5.75 Å². The third-order valence-electron chi connectivity index (χ3n) is 2.67. The third kappa shape index (κ3) is 2.88. The van der Waals surface area contributed by atoms with Crippen LogP contribution in [0.4, 0.5) is 0 Å². The minimum atomic E-state index is -0.253. The fourth-order valence-corrected chi connectivity index (χ4v) is 1.73. The molecular formula is C15H14O3. The van der Waals surface area contributed by atoms with E-state index < -0.39 is 0 Å². The standard InChI is InChI=1S/C15H14O3/c1-18-15(17)4-2-3-11-5-6-13-10-14(16)8-7-12(13)9-11/h2-3,5-10,16H,4H2,1H3. The molecule has 0 saturated carbocycles. The molecule has 0 unspecified atom stereocenters. The van der Waals surface area contributed by atoms with Crippen LogP contribution < -0.4 is 0 Å². The summed E-state index contributed by atoms with van der Waals surface area (Å²) in [6.45, 7) is 0. The van der Waals surface area contributed by atoms with Crippen LogP contribution >= 0.6 is 0 Å². The first-order valence-electron chi connectivity index (χ1n) is 5.65. The molecule has 2 aromatic carbocycles. The Morgan fingerprint density at radius 2 is 1.94 bits per heavy atom. The zero-order valence-electron chi connectivity index (χ0n) is 10.1. The summed E-state index contributed by atoms with van der Waals surface area (Å²) in [5.74, 6) is 0.00782. The first kappa shape index (κ1) is 12.2. The van der Waals surface area contributed by atoms with Gasteiger partial charge in [-0.1, -0.05) is 30.4 Å². The summed E-state index contributed by atoms with van der Waals surface area (Å²) in [6.07, 6.45) is 3.92. The second kappa shape index (κ2) is 5.36. The van der Waals surface area contributed by atoms with Crippen molar-refractivity contribution < 1.29 is 14.6 Å². The number of hydrogen-bond donors (Lipinski definition) is 1. The molecule has 0 amide bonds. The van der Waals surface area contributed by atoms with Crippen molar-refractivity contribution in [2.45, 2.75) is 6.42 Å². The molecule has 0 saturated heterocycles. The van der Waals surface area contributed by atoms with Gasteiger partial charge < -0.3 is 9.84 Å². The van der Waals surface area contributed by atoms with Crippen LogP contribution in [0.2, 0.25) is 0 Å². The van der Waals surface area contributed by atoms with Crippen molar-refractivity contribution in [2.24, 2.45) is 0 Å². The van der Waals surface area contributed by atoms with E-state index in [4.69, 9.17) is 0 Å². The maximum atomic E-state index is 11.0. The van der Waals surface area contributed by atoms with Crippen LogP contribution in [0, 0.1) is 0 Å². The molecule has 0 radical (unpaired) electrons. The summed E-state index contributed by atoms with van der Waals surface area (Å²) < 4.78 is 4.55. The van der Waals surface area contributed by atoms with Gasteiger partial charge in [0.25, 0.3) is 0 Å².